The third-order valence-electron chi connectivity index (χ3n) is 6.36. The molecule has 1 aromatic heterocycles. The van der Waals surface area contributed by atoms with Crippen LogP contribution in [0.25, 0.3) is 0 Å². The summed E-state index contributed by atoms with van der Waals surface area (Å²) in [4.78, 5) is 17.2. The summed E-state index contributed by atoms with van der Waals surface area (Å²) in [5.41, 5.74) is 3.44. The van der Waals surface area contributed by atoms with E-state index in [0.29, 0.717) is 49.7 Å². The number of amides is 1. The van der Waals surface area contributed by atoms with E-state index in [1.807, 2.05) is 23.4 Å². The van der Waals surface area contributed by atoms with Gasteiger partial charge in [0.1, 0.15) is 11.5 Å². The van der Waals surface area contributed by atoms with Gasteiger partial charge in [-0.25, -0.2) is 8.42 Å². The summed E-state index contributed by atoms with van der Waals surface area (Å²) in [6.45, 7) is 6.48. The summed E-state index contributed by atoms with van der Waals surface area (Å²) >= 11 is 0. The van der Waals surface area contributed by atoms with Crippen molar-refractivity contribution in [3.63, 3.8) is 0 Å². The van der Waals surface area contributed by atoms with Gasteiger partial charge in [0.25, 0.3) is 5.91 Å². The molecule has 0 saturated carbocycles. The maximum atomic E-state index is 13.1. The van der Waals surface area contributed by atoms with Crippen LogP contribution in [0.3, 0.4) is 0 Å². The highest BCUT2D eigenvalue weighted by atomic mass is 32.2. The van der Waals surface area contributed by atoms with Crippen molar-refractivity contribution >= 4 is 21.4 Å². The van der Waals surface area contributed by atoms with E-state index in [-0.39, 0.29) is 23.5 Å². The number of nitrogens with zero attached hydrogens (tertiary/aromatic N) is 4. The smallest absolute Gasteiger partial charge is 0.257 e. The van der Waals surface area contributed by atoms with Gasteiger partial charge >= 0.3 is 0 Å². The molecule has 2 aliphatic rings. The Kier molecular flexibility index (Phi) is 6.07. The number of hydrogen-bond acceptors (Lipinski definition) is 7. The Balaban J connectivity index is 1.47. The van der Waals surface area contributed by atoms with Crippen molar-refractivity contribution in [2.24, 2.45) is 0 Å². The zero-order valence-corrected chi connectivity index (χ0v) is 19.8. The van der Waals surface area contributed by atoms with Crippen molar-refractivity contribution in [1.82, 2.24) is 14.7 Å². The minimum absolute atomic E-state index is 0.0653. The van der Waals surface area contributed by atoms with E-state index in [0.717, 1.165) is 17.1 Å². The van der Waals surface area contributed by atoms with Crippen LogP contribution in [-0.4, -0.2) is 80.9 Å². The molecular weight excluding hydrogens is 432 g/mol. The van der Waals surface area contributed by atoms with Gasteiger partial charge in [-0.3, -0.25) is 9.48 Å². The molecule has 1 unspecified atom stereocenters. The lowest BCUT2D eigenvalue weighted by atomic mass is 10.1. The molecule has 0 radical (unpaired) electrons. The van der Waals surface area contributed by atoms with E-state index in [1.54, 1.807) is 32.4 Å². The largest absolute Gasteiger partial charge is 0.497 e. The minimum Gasteiger partial charge on any atom is -0.497 e. The number of sulfone groups is 1. The Morgan fingerprint density at radius 3 is 2.41 bits per heavy atom. The highest BCUT2D eigenvalue weighted by molar-refractivity contribution is 7.91. The molecule has 1 amide bonds. The van der Waals surface area contributed by atoms with E-state index < -0.39 is 9.84 Å². The number of rotatable bonds is 5. The van der Waals surface area contributed by atoms with Crippen molar-refractivity contribution < 1.29 is 22.7 Å². The third-order valence-corrected chi connectivity index (χ3v) is 8.11. The van der Waals surface area contributed by atoms with E-state index in [1.165, 1.54) is 0 Å². The number of ether oxygens (including phenoxy) is 2. The maximum absolute atomic E-state index is 13.1. The minimum atomic E-state index is -2.98. The molecule has 0 bridgehead atoms. The summed E-state index contributed by atoms with van der Waals surface area (Å²) in [6.07, 6.45) is 0.607. The highest BCUT2D eigenvalue weighted by Crippen LogP contribution is 2.32. The van der Waals surface area contributed by atoms with Gasteiger partial charge in [0, 0.05) is 32.2 Å². The monoisotopic (exact) mass is 462 g/mol. The van der Waals surface area contributed by atoms with Crippen molar-refractivity contribution in [3.8, 4) is 11.5 Å². The molecule has 9 nitrogen and oxygen atoms in total. The number of aryl methyl sites for hydroxylation is 1. The lowest BCUT2D eigenvalue weighted by Crippen LogP contribution is -2.49. The average molecular weight is 463 g/mol. The first-order valence-electron chi connectivity index (χ1n) is 10.8. The van der Waals surface area contributed by atoms with Gasteiger partial charge in [-0.05, 0) is 32.4 Å². The first kappa shape index (κ1) is 22.4. The number of carbonyl (C=O) groups is 1. The number of hydrogen-bond donors (Lipinski definition) is 0. The van der Waals surface area contributed by atoms with Gasteiger partial charge in [0.05, 0.1) is 54.4 Å². The Morgan fingerprint density at radius 2 is 1.81 bits per heavy atom. The summed E-state index contributed by atoms with van der Waals surface area (Å²) in [7, 11) is 0.142. The fourth-order valence-electron chi connectivity index (χ4n) is 4.71. The molecule has 1 aromatic carbocycles. The van der Waals surface area contributed by atoms with Crippen LogP contribution in [-0.2, 0) is 9.84 Å². The fraction of sp³-hybridized carbons (Fsp3) is 0.545. The first-order valence-corrected chi connectivity index (χ1v) is 12.6. The standard InChI is InChI=1S/C22H30N4O5S/c1-15-21(16(2)26(23-15)17-7-12-32(28,29)14-17)24-8-10-25(11-9-24)22(27)19-6-5-18(30-3)13-20(19)31-4/h5-6,13,17H,7-12,14H2,1-4H3. The van der Waals surface area contributed by atoms with Crippen LogP contribution in [0.5, 0.6) is 11.5 Å². The number of piperazine rings is 1. The molecule has 2 aliphatic heterocycles. The lowest BCUT2D eigenvalue weighted by Gasteiger charge is -2.36. The third kappa shape index (κ3) is 4.15. The summed E-state index contributed by atoms with van der Waals surface area (Å²) in [5.74, 6) is 1.45. The van der Waals surface area contributed by atoms with Crippen LogP contribution in [0.15, 0.2) is 18.2 Å². The average Bonchev–Trinajstić information content (AvgIpc) is 3.30. The summed E-state index contributed by atoms with van der Waals surface area (Å²) in [5, 5.41) is 4.68. The van der Waals surface area contributed by atoms with E-state index in [9.17, 15) is 13.2 Å². The zero-order chi connectivity index (χ0) is 23.0. The molecule has 0 N–H and O–H groups in total. The zero-order valence-electron chi connectivity index (χ0n) is 19.0. The molecule has 1 atom stereocenters. The quantitative estimate of drug-likeness (QED) is 0.669. The molecule has 4 rings (SSSR count). The molecule has 2 fully saturated rings. The van der Waals surface area contributed by atoms with Gasteiger partial charge < -0.3 is 19.3 Å². The molecule has 3 heterocycles. The van der Waals surface area contributed by atoms with Crippen LogP contribution in [0.1, 0.15) is 34.2 Å². The molecule has 0 spiro atoms. The van der Waals surface area contributed by atoms with Crippen molar-refractivity contribution in [2.75, 3.05) is 56.8 Å². The second-order valence-electron chi connectivity index (χ2n) is 8.37. The van der Waals surface area contributed by atoms with Gasteiger partial charge in [-0.15, -0.1) is 0 Å². The van der Waals surface area contributed by atoms with E-state index in [4.69, 9.17) is 9.47 Å². The molecule has 2 saturated heterocycles. The number of aromatic nitrogens is 2. The highest BCUT2D eigenvalue weighted by Gasteiger charge is 2.33. The predicted octanol–water partition coefficient (Wildman–Crippen LogP) is 1.84. The van der Waals surface area contributed by atoms with E-state index >= 15 is 0 Å². The van der Waals surface area contributed by atoms with Crippen molar-refractivity contribution in [1.29, 1.82) is 0 Å². The van der Waals surface area contributed by atoms with Crippen LogP contribution in [0, 0.1) is 13.8 Å². The Hall–Kier alpha value is -2.75. The number of carbonyl (C=O) groups excluding carboxylic acids is 1. The number of methoxy groups -OCH3 is 2. The SMILES string of the molecule is COc1ccc(C(=O)N2CCN(c3c(C)nn(C4CCS(=O)(=O)C4)c3C)CC2)c(OC)c1. The Morgan fingerprint density at radius 1 is 1.09 bits per heavy atom. The van der Waals surface area contributed by atoms with Crippen LogP contribution in [0.2, 0.25) is 0 Å². The van der Waals surface area contributed by atoms with Gasteiger partial charge in [0.2, 0.25) is 0 Å². The van der Waals surface area contributed by atoms with Crippen LogP contribution < -0.4 is 14.4 Å². The van der Waals surface area contributed by atoms with Gasteiger partial charge in [-0.2, -0.15) is 5.10 Å². The molecule has 174 valence electrons. The second-order valence-corrected chi connectivity index (χ2v) is 10.6. The summed E-state index contributed by atoms with van der Waals surface area (Å²) in [6, 6.07) is 5.11. The van der Waals surface area contributed by atoms with Crippen LogP contribution >= 0.6 is 0 Å². The number of anilines is 1. The normalized spacial score (nSPS) is 20.4. The predicted molar refractivity (Wildman–Crippen MR) is 122 cm³/mol. The molecular formula is C22H30N4O5S. The number of benzene rings is 1. The lowest BCUT2D eigenvalue weighted by molar-refractivity contribution is 0.0743. The molecule has 32 heavy (non-hydrogen) atoms. The molecule has 10 heteroatoms. The topological polar surface area (TPSA) is 94.0 Å². The Bertz CT molecular complexity index is 1120. The van der Waals surface area contributed by atoms with Crippen molar-refractivity contribution in [2.45, 2.75) is 26.3 Å². The second kappa shape index (κ2) is 8.65. The molecule has 0 aliphatic carbocycles. The van der Waals surface area contributed by atoms with Gasteiger partial charge in [-0.1, -0.05) is 0 Å². The molecule has 2 aromatic rings. The van der Waals surface area contributed by atoms with Crippen LogP contribution in [0.4, 0.5) is 5.69 Å². The van der Waals surface area contributed by atoms with Crippen molar-refractivity contribution in [3.05, 3.63) is 35.2 Å². The van der Waals surface area contributed by atoms with Gasteiger partial charge in [0.15, 0.2) is 9.84 Å². The maximum Gasteiger partial charge on any atom is 0.257 e. The fourth-order valence-corrected chi connectivity index (χ4v) is 6.41. The summed E-state index contributed by atoms with van der Waals surface area (Å²) < 4.78 is 36.3. The van der Waals surface area contributed by atoms with E-state index in [2.05, 4.69) is 10.00 Å². The first-order chi connectivity index (χ1) is 15.2. The Labute approximate surface area is 188 Å².